The van der Waals surface area contributed by atoms with E-state index in [1.165, 1.54) is 0 Å². The van der Waals surface area contributed by atoms with Gasteiger partial charge in [0.05, 0.1) is 14.4 Å². The second-order valence-corrected chi connectivity index (χ2v) is 5.63. The molecule has 0 fully saturated rings. The van der Waals surface area contributed by atoms with Gasteiger partial charge >= 0.3 is 0 Å². The van der Waals surface area contributed by atoms with Crippen molar-refractivity contribution in [1.29, 1.82) is 0 Å². The Labute approximate surface area is 100 Å². The standard InChI is InChI=1S/C10H11BrN2OS/c1-6-10(7-2-3-8(11)15-7)14-9(13-6)4-5-12/h2-3H,4-5,12H2,1H3. The average Bonchev–Trinajstić information content (AvgIpc) is 2.73. The molecular formula is C10H11BrN2OS. The van der Waals surface area contributed by atoms with Crippen molar-refractivity contribution < 1.29 is 4.42 Å². The molecule has 2 N–H and O–H groups in total. The third-order valence-electron chi connectivity index (χ3n) is 2.00. The number of nitrogens with two attached hydrogens (primary N) is 1. The summed E-state index contributed by atoms with van der Waals surface area (Å²) in [5.74, 6) is 1.57. The van der Waals surface area contributed by atoms with E-state index in [-0.39, 0.29) is 0 Å². The molecule has 0 saturated carbocycles. The average molecular weight is 287 g/mol. The summed E-state index contributed by atoms with van der Waals surface area (Å²) < 4.78 is 6.74. The van der Waals surface area contributed by atoms with E-state index in [9.17, 15) is 0 Å². The Morgan fingerprint density at radius 2 is 2.33 bits per heavy atom. The van der Waals surface area contributed by atoms with Crippen molar-refractivity contribution in [2.75, 3.05) is 6.54 Å². The first-order chi connectivity index (χ1) is 7.20. The summed E-state index contributed by atoms with van der Waals surface area (Å²) in [5, 5.41) is 0. The van der Waals surface area contributed by atoms with Gasteiger partial charge in [0.1, 0.15) is 0 Å². The summed E-state index contributed by atoms with van der Waals surface area (Å²) in [6.07, 6.45) is 0.688. The van der Waals surface area contributed by atoms with Crippen LogP contribution in [-0.2, 0) is 6.42 Å². The van der Waals surface area contributed by atoms with E-state index >= 15 is 0 Å². The van der Waals surface area contributed by atoms with Gasteiger partial charge in [0, 0.05) is 13.0 Å². The highest BCUT2D eigenvalue weighted by Gasteiger charge is 2.12. The van der Waals surface area contributed by atoms with Gasteiger partial charge in [0.25, 0.3) is 0 Å². The fourth-order valence-corrected chi connectivity index (χ4v) is 2.77. The smallest absolute Gasteiger partial charge is 0.196 e. The zero-order chi connectivity index (χ0) is 10.8. The summed E-state index contributed by atoms with van der Waals surface area (Å²) in [6.45, 7) is 2.51. The predicted molar refractivity (Wildman–Crippen MR) is 65.0 cm³/mol. The van der Waals surface area contributed by atoms with Crippen molar-refractivity contribution in [1.82, 2.24) is 4.98 Å². The molecular weight excluding hydrogens is 276 g/mol. The molecule has 0 unspecified atom stereocenters. The quantitative estimate of drug-likeness (QED) is 0.944. The van der Waals surface area contributed by atoms with Crippen LogP contribution in [0.4, 0.5) is 0 Å². The molecule has 2 rings (SSSR count). The number of oxazole rings is 1. The third-order valence-corrected chi connectivity index (χ3v) is 3.62. The fraction of sp³-hybridized carbons (Fsp3) is 0.300. The number of hydrogen-bond acceptors (Lipinski definition) is 4. The van der Waals surface area contributed by atoms with Gasteiger partial charge in [0.15, 0.2) is 11.7 Å². The van der Waals surface area contributed by atoms with Crippen molar-refractivity contribution in [3.8, 4) is 10.6 Å². The van der Waals surface area contributed by atoms with Crippen molar-refractivity contribution in [2.45, 2.75) is 13.3 Å². The topological polar surface area (TPSA) is 52.0 Å². The normalized spacial score (nSPS) is 10.9. The number of thiophene rings is 1. The highest BCUT2D eigenvalue weighted by Crippen LogP contribution is 2.33. The molecule has 3 nitrogen and oxygen atoms in total. The number of rotatable bonds is 3. The first-order valence-corrected chi connectivity index (χ1v) is 6.23. The molecule has 2 heterocycles. The molecule has 2 aromatic rings. The number of aryl methyl sites for hydroxylation is 1. The molecule has 0 amide bonds. The predicted octanol–water partition coefficient (Wildman–Crippen LogP) is 2.98. The van der Waals surface area contributed by atoms with E-state index < -0.39 is 0 Å². The minimum Gasteiger partial charge on any atom is -0.440 e. The number of aromatic nitrogens is 1. The van der Waals surface area contributed by atoms with Crippen LogP contribution in [0.1, 0.15) is 11.6 Å². The molecule has 0 aliphatic carbocycles. The Bertz CT molecular complexity index is 464. The Morgan fingerprint density at radius 3 is 2.93 bits per heavy atom. The second kappa shape index (κ2) is 4.47. The minimum absolute atomic E-state index is 0.563. The Balaban J connectivity index is 2.35. The van der Waals surface area contributed by atoms with Crippen LogP contribution in [0, 0.1) is 6.92 Å². The molecule has 0 aliphatic heterocycles. The monoisotopic (exact) mass is 286 g/mol. The van der Waals surface area contributed by atoms with E-state index in [4.69, 9.17) is 10.2 Å². The van der Waals surface area contributed by atoms with Crippen LogP contribution >= 0.6 is 27.3 Å². The molecule has 0 bridgehead atoms. The van der Waals surface area contributed by atoms with Gasteiger partial charge < -0.3 is 10.2 Å². The zero-order valence-corrected chi connectivity index (χ0v) is 10.7. The van der Waals surface area contributed by atoms with Crippen LogP contribution in [0.5, 0.6) is 0 Å². The van der Waals surface area contributed by atoms with E-state index in [2.05, 4.69) is 20.9 Å². The summed E-state index contributed by atoms with van der Waals surface area (Å²) in [6, 6.07) is 4.03. The lowest BCUT2D eigenvalue weighted by Crippen LogP contribution is -2.02. The van der Waals surface area contributed by atoms with Crippen LogP contribution < -0.4 is 5.73 Å². The molecule has 0 radical (unpaired) electrons. The van der Waals surface area contributed by atoms with Gasteiger partial charge in [-0.3, -0.25) is 0 Å². The Kier molecular flexibility index (Phi) is 3.23. The van der Waals surface area contributed by atoms with Crippen molar-refractivity contribution in [2.24, 2.45) is 5.73 Å². The fourth-order valence-electron chi connectivity index (χ4n) is 1.35. The van der Waals surface area contributed by atoms with Gasteiger partial charge in [-0.2, -0.15) is 0 Å². The highest BCUT2D eigenvalue weighted by molar-refractivity contribution is 9.11. The summed E-state index contributed by atoms with van der Waals surface area (Å²) in [7, 11) is 0. The maximum absolute atomic E-state index is 5.65. The van der Waals surface area contributed by atoms with Gasteiger partial charge in [-0.1, -0.05) is 0 Å². The SMILES string of the molecule is Cc1nc(CCN)oc1-c1ccc(Br)s1. The molecule has 80 valence electrons. The van der Waals surface area contributed by atoms with E-state index in [1.807, 2.05) is 19.1 Å². The lowest BCUT2D eigenvalue weighted by Gasteiger charge is -1.91. The van der Waals surface area contributed by atoms with Gasteiger partial charge in [-0.25, -0.2) is 4.98 Å². The number of nitrogens with zero attached hydrogens (tertiary/aromatic N) is 1. The summed E-state index contributed by atoms with van der Waals surface area (Å²) >= 11 is 5.07. The van der Waals surface area contributed by atoms with Crippen LogP contribution in [0.2, 0.25) is 0 Å². The molecule has 0 saturated heterocycles. The minimum atomic E-state index is 0.563. The third kappa shape index (κ3) is 2.30. The first kappa shape index (κ1) is 10.9. The van der Waals surface area contributed by atoms with E-state index in [1.54, 1.807) is 11.3 Å². The van der Waals surface area contributed by atoms with Gasteiger partial charge in [0.2, 0.25) is 0 Å². The number of hydrogen-bond donors (Lipinski definition) is 1. The molecule has 15 heavy (non-hydrogen) atoms. The maximum Gasteiger partial charge on any atom is 0.196 e. The van der Waals surface area contributed by atoms with Crippen LogP contribution in [-0.4, -0.2) is 11.5 Å². The van der Waals surface area contributed by atoms with Crippen LogP contribution in [0.3, 0.4) is 0 Å². The lowest BCUT2D eigenvalue weighted by atomic mass is 10.3. The van der Waals surface area contributed by atoms with Crippen LogP contribution in [0.25, 0.3) is 10.6 Å². The summed E-state index contributed by atoms with van der Waals surface area (Å²) in [5.41, 5.74) is 6.38. The Morgan fingerprint density at radius 1 is 1.53 bits per heavy atom. The maximum atomic E-state index is 5.65. The van der Waals surface area contributed by atoms with Crippen molar-refractivity contribution in [3.63, 3.8) is 0 Å². The van der Waals surface area contributed by atoms with Gasteiger partial charge in [-0.15, -0.1) is 11.3 Å². The largest absolute Gasteiger partial charge is 0.440 e. The van der Waals surface area contributed by atoms with Crippen molar-refractivity contribution >= 4 is 27.3 Å². The first-order valence-electron chi connectivity index (χ1n) is 4.63. The molecule has 5 heteroatoms. The summed E-state index contributed by atoms with van der Waals surface area (Å²) in [4.78, 5) is 5.42. The molecule has 0 spiro atoms. The van der Waals surface area contributed by atoms with E-state index in [0.29, 0.717) is 13.0 Å². The van der Waals surface area contributed by atoms with Crippen LogP contribution in [0.15, 0.2) is 20.3 Å². The number of halogens is 1. The highest BCUT2D eigenvalue weighted by atomic mass is 79.9. The molecule has 0 atom stereocenters. The molecule has 2 aromatic heterocycles. The van der Waals surface area contributed by atoms with Gasteiger partial charge in [-0.05, 0) is 35.0 Å². The lowest BCUT2D eigenvalue weighted by molar-refractivity contribution is 0.509. The Hall–Kier alpha value is -0.650. The zero-order valence-electron chi connectivity index (χ0n) is 8.29. The molecule has 0 aliphatic rings. The second-order valence-electron chi connectivity index (χ2n) is 3.16. The van der Waals surface area contributed by atoms with E-state index in [0.717, 1.165) is 26.0 Å². The molecule has 0 aromatic carbocycles. The van der Waals surface area contributed by atoms with Crippen molar-refractivity contribution in [3.05, 3.63) is 27.5 Å².